The first-order chi connectivity index (χ1) is 12.3. The predicted octanol–water partition coefficient (Wildman–Crippen LogP) is 4.44. The van der Waals surface area contributed by atoms with Crippen molar-refractivity contribution >= 4 is 17.5 Å². The van der Waals surface area contributed by atoms with Crippen LogP contribution in [0.2, 0.25) is 0 Å². The monoisotopic (exact) mass is 328 g/mol. The maximum absolute atomic E-state index is 4.84. The van der Waals surface area contributed by atoms with Crippen LogP contribution in [0.5, 0.6) is 0 Å². The first-order valence-corrected chi connectivity index (χ1v) is 8.50. The van der Waals surface area contributed by atoms with Crippen molar-refractivity contribution in [1.29, 1.82) is 0 Å². The van der Waals surface area contributed by atoms with Crippen LogP contribution < -0.4 is 10.2 Å². The minimum Gasteiger partial charge on any atom is -0.366 e. The van der Waals surface area contributed by atoms with Gasteiger partial charge in [-0.1, -0.05) is 54.6 Å². The molecule has 0 radical (unpaired) electrons. The molecule has 4 rings (SSSR count). The number of fused-ring (bicyclic) bond motifs is 1. The maximum Gasteiger partial charge on any atom is 0.232 e. The number of hydrogen-bond donors (Lipinski definition) is 1. The van der Waals surface area contributed by atoms with Crippen LogP contribution in [-0.4, -0.2) is 23.1 Å². The summed E-state index contributed by atoms with van der Waals surface area (Å²) >= 11 is 0. The van der Waals surface area contributed by atoms with Crippen LogP contribution in [0.3, 0.4) is 0 Å². The molecule has 1 N–H and O–H groups in total. The summed E-state index contributed by atoms with van der Waals surface area (Å²) in [5.41, 5.74) is 4.54. The number of hydrogen-bond acceptors (Lipinski definition) is 4. The highest BCUT2D eigenvalue weighted by molar-refractivity contribution is 5.70. The quantitative estimate of drug-likeness (QED) is 0.703. The van der Waals surface area contributed by atoms with Gasteiger partial charge in [-0.15, -0.1) is 6.58 Å². The van der Waals surface area contributed by atoms with Crippen LogP contribution >= 0.6 is 0 Å². The van der Waals surface area contributed by atoms with Crippen molar-refractivity contribution in [3.8, 4) is 11.3 Å². The van der Waals surface area contributed by atoms with E-state index in [1.54, 1.807) is 0 Å². The first kappa shape index (κ1) is 15.4. The Hall–Kier alpha value is -3.14. The van der Waals surface area contributed by atoms with E-state index in [1.807, 2.05) is 30.3 Å². The number of nitrogens with zero attached hydrogens (tertiary/aromatic N) is 3. The molecular weight excluding hydrogens is 308 g/mol. The fraction of sp³-hybridized carbons (Fsp3) is 0.143. The zero-order valence-electron chi connectivity index (χ0n) is 14.0. The summed E-state index contributed by atoms with van der Waals surface area (Å²) in [6.07, 6.45) is 2.85. The second kappa shape index (κ2) is 6.77. The highest BCUT2D eigenvalue weighted by Crippen LogP contribution is 2.34. The Labute approximate surface area is 147 Å². The lowest BCUT2D eigenvalue weighted by atomic mass is 10.1. The van der Waals surface area contributed by atoms with E-state index in [9.17, 15) is 0 Å². The van der Waals surface area contributed by atoms with Gasteiger partial charge in [-0.05, 0) is 18.1 Å². The molecule has 124 valence electrons. The molecule has 4 heteroatoms. The van der Waals surface area contributed by atoms with E-state index in [-0.39, 0.29) is 0 Å². The van der Waals surface area contributed by atoms with Gasteiger partial charge in [0.15, 0.2) is 0 Å². The molecule has 0 spiro atoms. The minimum atomic E-state index is 0.668. The van der Waals surface area contributed by atoms with Gasteiger partial charge in [0.05, 0.1) is 5.69 Å². The Bertz CT molecular complexity index is 889. The van der Waals surface area contributed by atoms with Crippen molar-refractivity contribution < 1.29 is 0 Å². The largest absolute Gasteiger partial charge is 0.366 e. The molecule has 2 aromatic carbocycles. The third-order valence-corrected chi connectivity index (χ3v) is 4.34. The second-order valence-electron chi connectivity index (χ2n) is 6.00. The highest BCUT2D eigenvalue weighted by Gasteiger charge is 2.22. The molecule has 4 nitrogen and oxygen atoms in total. The second-order valence-corrected chi connectivity index (χ2v) is 6.00. The Kier molecular flexibility index (Phi) is 4.17. The summed E-state index contributed by atoms with van der Waals surface area (Å²) in [5.74, 6) is 1.55. The molecule has 1 aromatic heterocycles. The van der Waals surface area contributed by atoms with Gasteiger partial charge in [-0.2, -0.15) is 4.98 Å². The van der Waals surface area contributed by atoms with Gasteiger partial charge in [0.1, 0.15) is 5.82 Å². The van der Waals surface area contributed by atoms with E-state index in [2.05, 4.69) is 53.2 Å². The van der Waals surface area contributed by atoms with E-state index in [0.717, 1.165) is 36.0 Å². The zero-order chi connectivity index (χ0) is 17.1. The smallest absolute Gasteiger partial charge is 0.232 e. The van der Waals surface area contributed by atoms with Gasteiger partial charge < -0.3 is 10.2 Å². The van der Waals surface area contributed by atoms with Crippen LogP contribution in [0.1, 0.15) is 5.56 Å². The van der Waals surface area contributed by atoms with Crippen LogP contribution in [0, 0.1) is 0 Å². The molecule has 0 unspecified atom stereocenters. The first-order valence-electron chi connectivity index (χ1n) is 8.50. The van der Waals surface area contributed by atoms with Crippen LogP contribution in [0.4, 0.5) is 17.5 Å². The van der Waals surface area contributed by atoms with Crippen molar-refractivity contribution in [3.05, 3.63) is 78.9 Å². The van der Waals surface area contributed by atoms with E-state index in [1.165, 1.54) is 11.3 Å². The van der Waals surface area contributed by atoms with Crippen molar-refractivity contribution in [3.63, 3.8) is 0 Å². The lowest BCUT2D eigenvalue weighted by molar-refractivity contribution is 0.941. The van der Waals surface area contributed by atoms with Gasteiger partial charge >= 0.3 is 0 Å². The number of para-hydroxylation sites is 1. The summed E-state index contributed by atoms with van der Waals surface area (Å²) in [7, 11) is 0. The molecule has 0 fully saturated rings. The molecule has 0 bridgehead atoms. The summed E-state index contributed by atoms with van der Waals surface area (Å²) in [4.78, 5) is 11.8. The van der Waals surface area contributed by atoms with Crippen molar-refractivity contribution in [2.45, 2.75) is 6.42 Å². The molecule has 0 saturated carbocycles. The lowest BCUT2D eigenvalue weighted by Crippen LogP contribution is -2.17. The molecule has 3 aromatic rings. The normalized spacial score (nSPS) is 12.7. The number of aromatic nitrogens is 2. The molecule has 1 aliphatic heterocycles. The molecule has 0 saturated heterocycles. The fourth-order valence-corrected chi connectivity index (χ4v) is 3.13. The number of nitrogens with one attached hydrogen (secondary N) is 1. The third-order valence-electron chi connectivity index (χ3n) is 4.34. The minimum absolute atomic E-state index is 0.668. The van der Waals surface area contributed by atoms with Gasteiger partial charge in [0.2, 0.25) is 5.95 Å². The van der Waals surface area contributed by atoms with E-state index < -0.39 is 0 Å². The van der Waals surface area contributed by atoms with Crippen molar-refractivity contribution in [1.82, 2.24) is 9.97 Å². The molecule has 25 heavy (non-hydrogen) atoms. The molecule has 0 amide bonds. The number of benzene rings is 2. The predicted molar refractivity (Wildman–Crippen MR) is 103 cm³/mol. The Balaban J connectivity index is 1.78. The highest BCUT2D eigenvalue weighted by atomic mass is 15.3. The van der Waals surface area contributed by atoms with Gasteiger partial charge in [-0.3, -0.25) is 0 Å². The topological polar surface area (TPSA) is 41.1 Å². The third kappa shape index (κ3) is 3.11. The van der Waals surface area contributed by atoms with Crippen molar-refractivity contribution in [2.24, 2.45) is 0 Å². The van der Waals surface area contributed by atoms with Gasteiger partial charge in [0, 0.05) is 30.4 Å². The SMILES string of the molecule is C=CCNc1cc(-c2ccccc2)nc(N2CCc3ccccc32)n1. The Morgan fingerprint density at radius 2 is 1.84 bits per heavy atom. The van der Waals surface area contributed by atoms with E-state index >= 15 is 0 Å². The molecule has 0 atom stereocenters. The molecular formula is C21H20N4. The zero-order valence-corrected chi connectivity index (χ0v) is 14.0. The molecule has 2 heterocycles. The van der Waals surface area contributed by atoms with Crippen molar-refractivity contribution in [2.75, 3.05) is 23.3 Å². The van der Waals surface area contributed by atoms with Gasteiger partial charge in [-0.25, -0.2) is 4.98 Å². The summed E-state index contributed by atoms with van der Waals surface area (Å²) < 4.78 is 0. The maximum atomic E-state index is 4.84. The standard InChI is InChI=1S/C21H20N4/c1-2-13-22-20-15-18(16-8-4-3-5-9-16)23-21(24-20)25-14-12-17-10-6-7-11-19(17)25/h2-11,15H,1,12-14H2,(H,22,23,24). The Morgan fingerprint density at radius 3 is 2.68 bits per heavy atom. The summed E-state index contributed by atoms with van der Waals surface area (Å²) in [5, 5.41) is 3.30. The number of anilines is 3. The fourth-order valence-electron chi connectivity index (χ4n) is 3.13. The summed E-state index contributed by atoms with van der Waals surface area (Å²) in [6.45, 7) is 5.34. The van der Waals surface area contributed by atoms with Gasteiger partial charge in [0.25, 0.3) is 0 Å². The summed E-state index contributed by atoms with van der Waals surface area (Å²) in [6, 6.07) is 20.7. The van der Waals surface area contributed by atoms with Crippen LogP contribution in [-0.2, 0) is 6.42 Å². The average molecular weight is 328 g/mol. The Morgan fingerprint density at radius 1 is 1.04 bits per heavy atom. The van der Waals surface area contributed by atoms with Crippen LogP contribution in [0.15, 0.2) is 73.3 Å². The average Bonchev–Trinajstić information content (AvgIpc) is 3.11. The van der Waals surface area contributed by atoms with Crippen LogP contribution in [0.25, 0.3) is 11.3 Å². The number of rotatable bonds is 5. The van der Waals surface area contributed by atoms with E-state index in [4.69, 9.17) is 9.97 Å². The van der Waals surface area contributed by atoms with E-state index in [0.29, 0.717) is 6.54 Å². The molecule has 0 aliphatic carbocycles. The molecule has 1 aliphatic rings. The lowest BCUT2D eigenvalue weighted by Gasteiger charge is -2.19.